The van der Waals surface area contributed by atoms with Crippen molar-refractivity contribution in [2.45, 2.75) is 6.54 Å². The third-order valence-electron chi connectivity index (χ3n) is 2.86. The minimum absolute atomic E-state index is 0.0182. The Morgan fingerprint density at radius 3 is 2.64 bits per heavy atom. The zero-order valence-electron chi connectivity index (χ0n) is 11.8. The van der Waals surface area contributed by atoms with E-state index in [1.165, 1.54) is 6.08 Å². The molecule has 1 N–H and O–H groups in total. The van der Waals surface area contributed by atoms with Crippen molar-refractivity contribution in [3.05, 3.63) is 58.0 Å². The SMILES string of the molecule is COc1ccc(CNC(=O)/C(C#N)=C/c2ccc(Br)o2)cc1. The molecule has 22 heavy (non-hydrogen) atoms. The van der Waals surface area contributed by atoms with E-state index in [9.17, 15) is 4.79 Å². The van der Waals surface area contributed by atoms with Crippen LogP contribution in [-0.2, 0) is 11.3 Å². The Morgan fingerprint density at radius 2 is 2.09 bits per heavy atom. The van der Waals surface area contributed by atoms with Crippen LogP contribution in [0.1, 0.15) is 11.3 Å². The molecule has 0 radical (unpaired) electrons. The van der Waals surface area contributed by atoms with Gasteiger partial charge in [0.2, 0.25) is 0 Å². The molecule has 0 spiro atoms. The number of hydrogen-bond acceptors (Lipinski definition) is 4. The number of carbonyl (C=O) groups excluding carboxylic acids is 1. The first-order valence-electron chi connectivity index (χ1n) is 6.40. The zero-order valence-corrected chi connectivity index (χ0v) is 13.4. The molecule has 0 aliphatic rings. The Hall–Kier alpha value is -2.52. The van der Waals surface area contributed by atoms with Crippen LogP contribution in [0.2, 0.25) is 0 Å². The molecule has 0 atom stereocenters. The van der Waals surface area contributed by atoms with Gasteiger partial charge in [0.25, 0.3) is 5.91 Å². The minimum Gasteiger partial charge on any atom is -0.497 e. The van der Waals surface area contributed by atoms with E-state index < -0.39 is 5.91 Å². The molecule has 112 valence electrons. The van der Waals surface area contributed by atoms with E-state index in [-0.39, 0.29) is 5.57 Å². The van der Waals surface area contributed by atoms with Crippen LogP contribution < -0.4 is 10.1 Å². The molecule has 0 unspecified atom stereocenters. The highest BCUT2D eigenvalue weighted by Gasteiger charge is 2.10. The lowest BCUT2D eigenvalue weighted by Gasteiger charge is -2.05. The number of furan rings is 1. The second kappa shape index (κ2) is 7.48. The van der Waals surface area contributed by atoms with Gasteiger partial charge in [0.15, 0.2) is 4.67 Å². The number of nitrogens with one attached hydrogen (secondary N) is 1. The standard InChI is InChI=1S/C16H13BrN2O3/c1-21-13-4-2-11(3-5-13)10-19-16(20)12(9-18)8-14-6-7-15(17)22-14/h2-8H,10H2,1H3,(H,19,20)/b12-8+. The van der Waals surface area contributed by atoms with Crippen LogP contribution in [0.3, 0.4) is 0 Å². The number of amides is 1. The van der Waals surface area contributed by atoms with Gasteiger partial charge in [0, 0.05) is 12.6 Å². The second-order valence-corrected chi connectivity index (χ2v) is 5.12. The van der Waals surface area contributed by atoms with Crippen LogP contribution in [-0.4, -0.2) is 13.0 Å². The van der Waals surface area contributed by atoms with E-state index in [0.717, 1.165) is 11.3 Å². The van der Waals surface area contributed by atoms with Crippen molar-refractivity contribution < 1.29 is 13.9 Å². The Balaban J connectivity index is 2.00. The maximum Gasteiger partial charge on any atom is 0.262 e. The molecule has 0 fully saturated rings. The predicted molar refractivity (Wildman–Crippen MR) is 84.8 cm³/mol. The van der Waals surface area contributed by atoms with Crippen molar-refractivity contribution >= 4 is 27.9 Å². The van der Waals surface area contributed by atoms with Gasteiger partial charge in [-0.05, 0) is 45.8 Å². The van der Waals surface area contributed by atoms with Crippen LogP contribution in [0.4, 0.5) is 0 Å². The van der Waals surface area contributed by atoms with Crippen molar-refractivity contribution in [2.75, 3.05) is 7.11 Å². The van der Waals surface area contributed by atoms with Crippen molar-refractivity contribution in [1.29, 1.82) is 5.26 Å². The van der Waals surface area contributed by atoms with Crippen molar-refractivity contribution in [2.24, 2.45) is 0 Å². The van der Waals surface area contributed by atoms with E-state index in [1.54, 1.807) is 19.2 Å². The van der Waals surface area contributed by atoms with Gasteiger partial charge in [-0.3, -0.25) is 4.79 Å². The van der Waals surface area contributed by atoms with Crippen molar-refractivity contribution in [3.8, 4) is 11.8 Å². The Bertz CT molecular complexity index is 727. The fraction of sp³-hybridized carbons (Fsp3) is 0.125. The number of ether oxygens (including phenoxy) is 1. The highest BCUT2D eigenvalue weighted by Crippen LogP contribution is 2.17. The number of nitrogens with zero attached hydrogens (tertiary/aromatic N) is 1. The molecule has 5 nitrogen and oxygen atoms in total. The van der Waals surface area contributed by atoms with E-state index in [1.807, 2.05) is 30.3 Å². The summed E-state index contributed by atoms with van der Waals surface area (Å²) in [6.07, 6.45) is 1.40. The van der Waals surface area contributed by atoms with Gasteiger partial charge in [-0.2, -0.15) is 5.26 Å². The van der Waals surface area contributed by atoms with E-state index in [0.29, 0.717) is 17.0 Å². The van der Waals surface area contributed by atoms with Gasteiger partial charge < -0.3 is 14.5 Å². The van der Waals surface area contributed by atoms with Gasteiger partial charge in [-0.1, -0.05) is 12.1 Å². The number of benzene rings is 1. The minimum atomic E-state index is -0.453. The summed E-state index contributed by atoms with van der Waals surface area (Å²) in [5, 5.41) is 11.8. The molecular weight excluding hydrogens is 348 g/mol. The molecule has 1 aromatic carbocycles. The Kier molecular flexibility index (Phi) is 5.39. The first kappa shape index (κ1) is 15.9. The van der Waals surface area contributed by atoms with Crippen LogP contribution in [0.25, 0.3) is 6.08 Å². The number of hydrogen-bond donors (Lipinski definition) is 1. The Morgan fingerprint density at radius 1 is 1.36 bits per heavy atom. The van der Waals surface area contributed by atoms with E-state index in [4.69, 9.17) is 14.4 Å². The van der Waals surface area contributed by atoms with Crippen LogP contribution in [0.5, 0.6) is 5.75 Å². The molecule has 0 bridgehead atoms. The largest absolute Gasteiger partial charge is 0.497 e. The zero-order chi connectivity index (χ0) is 15.9. The monoisotopic (exact) mass is 360 g/mol. The summed E-state index contributed by atoms with van der Waals surface area (Å²) in [5.74, 6) is 0.727. The van der Waals surface area contributed by atoms with E-state index in [2.05, 4.69) is 21.2 Å². The molecular formula is C16H13BrN2O3. The molecule has 1 aromatic heterocycles. The number of halogens is 1. The summed E-state index contributed by atoms with van der Waals surface area (Å²) in [7, 11) is 1.59. The summed E-state index contributed by atoms with van der Waals surface area (Å²) in [4.78, 5) is 12.0. The van der Waals surface area contributed by atoms with Crippen LogP contribution >= 0.6 is 15.9 Å². The highest BCUT2D eigenvalue weighted by molar-refractivity contribution is 9.10. The summed E-state index contributed by atoms with van der Waals surface area (Å²) in [6, 6.07) is 12.5. The molecule has 0 saturated heterocycles. The van der Waals surface area contributed by atoms with Gasteiger partial charge >= 0.3 is 0 Å². The number of methoxy groups -OCH3 is 1. The smallest absolute Gasteiger partial charge is 0.262 e. The topological polar surface area (TPSA) is 75.3 Å². The van der Waals surface area contributed by atoms with Gasteiger partial charge in [0.05, 0.1) is 7.11 Å². The lowest BCUT2D eigenvalue weighted by atomic mass is 10.2. The average Bonchev–Trinajstić information content (AvgIpc) is 2.96. The lowest BCUT2D eigenvalue weighted by Crippen LogP contribution is -2.23. The number of carbonyl (C=O) groups is 1. The first-order chi connectivity index (χ1) is 10.6. The van der Waals surface area contributed by atoms with E-state index >= 15 is 0 Å². The summed E-state index contributed by atoms with van der Waals surface area (Å²) >= 11 is 3.16. The number of rotatable bonds is 5. The molecule has 6 heteroatoms. The Labute approximate surface area is 136 Å². The van der Waals surface area contributed by atoms with Gasteiger partial charge in [-0.15, -0.1) is 0 Å². The fourth-order valence-corrected chi connectivity index (χ4v) is 2.04. The first-order valence-corrected chi connectivity index (χ1v) is 7.20. The van der Waals surface area contributed by atoms with Crippen molar-refractivity contribution in [3.63, 3.8) is 0 Å². The maximum atomic E-state index is 12.0. The predicted octanol–water partition coefficient (Wildman–Crippen LogP) is 3.27. The molecule has 0 saturated carbocycles. The summed E-state index contributed by atoms with van der Waals surface area (Å²) < 4.78 is 10.9. The van der Waals surface area contributed by atoms with Crippen LogP contribution in [0, 0.1) is 11.3 Å². The van der Waals surface area contributed by atoms with Gasteiger partial charge in [0.1, 0.15) is 23.2 Å². The highest BCUT2D eigenvalue weighted by atomic mass is 79.9. The lowest BCUT2D eigenvalue weighted by molar-refractivity contribution is -0.117. The third kappa shape index (κ3) is 4.24. The summed E-state index contributed by atoms with van der Waals surface area (Å²) in [5.41, 5.74) is 0.891. The van der Waals surface area contributed by atoms with Gasteiger partial charge in [-0.25, -0.2) is 0 Å². The number of nitriles is 1. The third-order valence-corrected chi connectivity index (χ3v) is 3.28. The fourth-order valence-electron chi connectivity index (χ4n) is 1.72. The molecule has 0 aliphatic carbocycles. The average molecular weight is 361 g/mol. The normalized spacial score (nSPS) is 10.9. The van der Waals surface area contributed by atoms with Crippen LogP contribution in [0.15, 0.2) is 51.1 Å². The molecule has 1 amide bonds. The molecule has 2 aromatic rings. The molecule has 0 aliphatic heterocycles. The quantitative estimate of drug-likeness (QED) is 0.655. The second-order valence-electron chi connectivity index (χ2n) is 4.34. The maximum absolute atomic E-state index is 12.0. The molecule has 1 heterocycles. The molecule has 2 rings (SSSR count). The van der Waals surface area contributed by atoms with Crippen molar-refractivity contribution in [1.82, 2.24) is 5.32 Å². The summed E-state index contributed by atoms with van der Waals surface area (Å²) in [6.45, 7) is 0.323.